The van der Waals surface area contributed by atoms with Gasteiger partial charge in [0.05, 0.1) is 18.1 Å². The van der Waals surface area contributed by atoms with Gasteiger partial charge in [-0.25, -0.2) is 4.79 Å². The maximum Gasteiger partial charge on any atom is 0.334 e. The molecule has 1 heterocycles. The maximum absolute atomic E-state index is 13.5. The normalized spacial score (nSPS) is 50.1. The molecule has 0 radical (unpaired) electrons. The number of amides is 1. The van der Waals surface area contributed by atoms with Crippen molar-refractivity contribution in [2.75, 3.05) is 13.1 Å². The van der Waals surface area contributed by atoms with E-state index in [1.807, 2.05) is 6.92 Å². The molecule has 0 aromatic rings. The Labute approximate surface area is 143 Å². The molecule has 5 fully saturated rings. The number of hydrogen-bond acceptors (Lipinski definition) is 3. The third-order valence-electron chi connectivity index (χ3n) is 6.90. The van der Waals surface area contributed by atoms with Crippen molar-refractivity contribution in [2.45, 2.75) is 71.5 Å². The molecule has 134 valence electrons. The quantitative estimate of drug-likeness (QED) is 0.842. The smallest absolute Gasteiger partial charge is 0.334 e. The fourth-order valence-corrected chi connectivity index (χ4v) is 7.28. The zero-order valence-electron chi connectivity index (χ0n) is 15.0. The first kappa shape index (κ1) is 16.4. The van der Waals surface area contributed by atoms with E-state index in [0.29, 0.717) is 12.5 Å². The van der Waals surface area contributed by atoms with E-state index in [0.717, 1.165) is 19.3 Å². The highest BCUT2D eigenvalue weighted by Gasteiger charge is 2.63. The van der Waals surface area contributed by atoms with Crippen LogP contribution in [-0.4, -0.2) is 47.2 Å². The summed E-state index contributed by atoms with van der Waals surface area (Å²) in [5.74, 6) is -0.108. The molecule has 1 amide bonds. The molecule has 4 saturated carbocycles. The molecule has 5 heteroatoms. The van der Waals surface area contributed by atoms with Crippen LogP contribution in [0.5, 0.6) is 0 Å². The summed E-state index contributed by atoms with van der Waals surface area (Å²) in [6, 6.07) is 0. The molecule has 1 N–H and O–H groups in total. The lowest BCUT2D eigenvalue weighted by Crippen LogP contribution is -2.62. The number of rotatable bonds is 2. The summed E-state index contributed by atoms with van der Waals surface area (Å²) in [4.78, 5) is 26.7. The van der Waals surface area contributed by atoms with Crippen LogP contribution in [0.3, 0.4) is 0 Å². The lowest BCUT2D eigenvalue weighted by molar-refractivity contribution is -0.190. The van der Waals surface area contributed by atoms with Crippen molar-refractivity contribution in [3.63, 3.8) is 0 Å². The summed E-state index contributed by atoms with van der Waals surface area (Å²) in [7, 11) is 0. The number of nitrogens with zero attached hydrogens (tertiary/aromatic N) is 1. The molecule has 5 nitrogen and oxygen atoms in total. The Bertz CT molecular complexity index is 570. The molecule has 4 atom stereocenters. The van der Waals surface area contributed by atoms with Crippen molar-refractivity contribution < 1.29 is 19.4 Å². The minimum Gasteiger partial charge on any atom is -0.479 e. The highest BCUT2D eigenvalue weighted by molar-refractivity contribution is 5.84. The van der Waals surface area contributed by atoms with Crippen molar-refractivity contribution in [1.29, 1.82) is 0 Å². The van der Waals surface area contributed by atoms with Crippen molar-refractivity contribution >= 4 is 11.9 Å². The van der Waals surface area contributed by atoms with E-state index < -0.39 is 12.1 Å². The van der Waals surface area contributed by atoms with Crippen LogP contribution >= 0.6 is 0 Å². The van der Waals surface area contributed by atoms with Gasteiger partial charge in [0, 0.05) is 6.54 Å². The van der Waals surface area contributed by atoms with E-state index in [2.05, 4.69) is 13.8 Å². The molecule has 0 spiro atoms. The molecular formula is C19H29NO4. The van der Waals surface area contributed by atoms with Crippen LogP contribution in [0.2, 0.25) is 0 Å². The second kappa shape index (κ2) is 4.96. The summed E-state index contributed by atoms with van der Waals surface area (Å²) in [6.07, 6.45) is 5.61. The van der Waals surface area contributed by atoms with Crippen LogP contribution in [0.25, 0.3) is 0 Å². The molecule has 5 aliphatic rings. The van der Waals surface area contributed by atoms with E-state index in [1.54, 1.807) is 4.90 Å². The molecule has 24 heavy (non-hydrogen) atoms. The summed E-state index contributed by atoms with van der Waals surface area (Å²) >= 11 is 0. The molecule has 1 saturated heterocycles. The van der Waals surface area contributed by atoms with Crippen LogP contribution in [-0.2, 0) is 14.3 Å². The standard InChI is InChI=1S/C19H29NO4/c1-12-7-20(8-14(24-12)15(21)22)16(23)19-6-13-4-17(2,10-19)9-18(3,5-13)11-19/h12-14H,4-11H2,1-3H3,(H,21,22)/t12-,13?,14?,17?,18?,19?/m1/s1. The first-order chi connectivity index (χ1) is 11.1. The van der Waals surface area contributed by atoms with Gasteiger partial charge < -0.3 is 14.7 Å². The number of morpholine rings is 1. The second-order valence-electron chi connectivity index (χ2n) is 9.89. The molecule has 5 rings (SSSR count). The van der Waals surface area contributed by atoms with Gasteiger partial charge in [-0.3, -0.25) is 4.79 Å². The maximum atomic E-state index is 13.5. The van der Waals surface area contributed by atoms with Gasteiger partial charge >= 0.3 is 5.97 Å². The number of carbonyl (C=O) groups excluding carboxylic acids is 1. The fraction of sp³-hybridized carbons (Fsp3) is 0.895. The Hall–Kier alpha value is -1.10. The van der Waals surface area contributed by atoms with Gasteiger partial charge in [-0.1, -0.05) is 13.8 Å². The van der Waals surface area contributed by atoms with Gasteiger partial charge in [0.25, 0.3) is 0 Å². The number of hydrogen-bond donors (Lipinski definition) is 1. The fourth-order valence-electron chi connectivity index (χ4n) is 7.28. The Morgan fingerprint density at radius 2 is 1.67 bits per heavy atom. The molecular weight excluding hydrogens is 306 g/mol. The third kappa shape index (κ3) is 2.47. The molecule has 1 aliphatic heterocycles. The predicted molar refractivity (Wildman–Crippen MR) is 88.4 cm³/mol. The number of carboxylic acids is 1. The van der Waals surface area contributed by atoms with Gasteiger partial charge in [-0.15, -0.1) is 0 Å². The number of aliphatic carboxylic acids is 1. The number of carbonyl (C=O) groups is 2. The Kier molecular flexibility index (Phi) is 3.39. The van der Waals surface area contributed by atoms with Crippen LogP contribution < -0.4 is 0 Å². The van der Waals surface area contributed by atoms with Crippen LogP contribution in [0.15, 0.2) is 0 Å². The van der Waals surface area contributed by atoms with Gasteiger partial charge in [0.1, 0.15) is 0 Å². The zero-order valence-corrected chi connectivity index (χ0v) is 15.0. The van der Waals surface area contributed by atoms with E-state index >= 15 is 0 Å². The van der Waals surface area contributed by atoms with Gasteiger partial charge in [0.15, 0.2) is 6.10 Å². The van der Waals surface area contributed by atoms with Crippen LogP contribution in [0.4, 0.5) is 0 Å². The van der Waals surface area contributed by atoms with Crippen LogP contribution in [0, 0.1) is 22.2 Å². The predicted octanol–water partition coefficient (Wildman–Crippen LogP) is 2.68. The molecule has 4 bridgehead atoms. The minimum absolute atomic E-state index is 0.193. The molecule has 4 aliphatic carbocycles. The van der Waals surface area contributed by atoms with Gasteiger partial charge in [-0.2, -0.15) is 0 Å². The lowest BCUT2D eigenvalue weighted by atomic mass is 9.40. The van der Waals surface area contributed by atoms with E-state index in [4.69, 9.17) is 4.74 Å². The summed E-state index contributed by atoms with van der Waals surface area (Å²) < 4.78 is 5.49. The Balaban J connectivity index is 1.61. The van der Waals surface area contributed by atoms with E-state index in [9.17, 15) is 14.7 Å². The number of ether oxygens (including phenoxy) is 1. The monoisotopic (exact) mass is 335 g/mol. The summed E-state index contributed by atoms with van der Waals surface area (Å²) in [5, 5.41) is 9.31. The topological polar surface area (TPSA) is 66.8 Å². The van der Waals surface area contributed by atoms with Crippen molar-refractivity contribution in [3.05, 3.63) is 0 Å². The van der Waals surface area contributed by atoms with Crippen molar-refractivity contribution in [2.24, 2.45) is 22.2 Å². The van der Waals surface area contributed by atoms with E-state index in [-0.39, 0.29) is 34.8 Å². The molecule has 0 aromatic carbocycles. The van der Waals surface area contributed by atoms with Crippen molar-refractivity contribution in [3.8, 4) is 0 Å². The minimum atomic E-state index is -0.969. The van der Waals surface area contributed by atoms with Gasteiger partial charge in [0.2, 0.25) is 5.91 Å². The highest BCUT2D eigenvalue weighted by atomic mass is 16.5. The highest BCUT2D eigenvalue weighted by Crippen LogP contribution is 2.69. The zero-order chi connectivity index (χ0) is 17.3. The SMILES string of the molecule is C[C@@H]1CN(C(=O)C23CC4CC(C)(CC(C)(C4)C2)C3)CC(C(=O)O)O1. The average molecular weight is 335 g/mol. The second-order valence-corrected chi connectivity index (χ2v) is 9.89. The summed E-state index contributed by atoms with van der Waals surface area (Å²) in [5.41, 5.74) is 0.310. The first-order valence-corrected chi connectivity index (χ1v) is 9.30. The first-order valence-electron chi connectivity index (χ1n) is 9.30. The molecule has 3 unspecified atom stereocenters. The summed E-state index contributed by atoms with van der Waals surface area (Å²) in [6.45, 7) is 7.29. The van der Waals surface area contributed by atoms with Crippen molar-refractivity contribution in [1.82, 2.24) is 4.90 Å². The van der Waals surface area contributed by atoms with Gasteiger partial charge in [-0.05, 0) is 62.2 Å². The Morgan fingerprint density at radius 1 is 1.04 bits per heavy atom. The van der Waals surface area contributed by atoms with E-state index in [1.165, 1.54) is 19.3 Å². The average Bonchev–Trinajstić information content (AvgIpc) is 2.41. The third-order valence-corrected chi connectivity index (χ3v) is 6.90. The molecule has 0 aromatic heterocycles. The Morgan fingerprint density at radius 3 is 2.21 bits per heavy atom. The lowest BCUT2D eigenvalue weighted by Gasteiger charge is -2.65. The largest absolute Gasteiger partial charge is 0.479 e. The van der Waals surface area contributed by atoms with Crippen LogP contribution in [0.1, 0.15) is 59.3 Å². The number of carboxylic acid groups (broad SMARTS) is 1.